The van der Waals surface area contributed by atoms with Crippen LogP contribution in [0, 0.1) is 12.3 Å². The molecule has 0 saturated heterocycles. The molecule has 0 bridgehead atoms. The maximum Gasteiger partial charge on any atom is 0.109 e. The van der Waals surface area contributed by atoms with Crippen molar-refractivity contribution >= 4 is 0 Å². The zero-order valence-electron chi connectivity index (χ0n) is 12.5. The molecule has 1 heterocycles. The Bertz CT molecular complexity index is 405. The van der Waals surface area contributed by atoms with Gasteiger partial charge in [-0.05, 0) is 38.2 Å². The molecule has 0 aromatic carbocycles. The summed E-state index contributed by atoms with van der Waals surface area (Å²) < 4.78 is 5.87. The fraction of sp³-hybridized carbons (Fsp3) is 0.750. The van der Waals surface area contributed by atoms with Gasteiger partial charge in [0.2, 0.25) is 0 Å². The number of furan rings is 1. The molecule has 2 rings (SSSR count). The highest BCUT2D eigenvalue weighted by Gasteiger charge is 2.35. The van der Waals surface area contributed by atoms with Crippen LogP contribution in [0.5, 0.6) is 0 Å². The SMILES string of the molecule is CCCC(C)NC1CC(C)(C)Cc2oc(C)cc21. The van der Waals surface area contributed by atoms with Gasteiger partial charge < -0.3 is 9.73 Å². The lowest BCUT2D eigenvalue weighted by atomic mass is 9.74. The van der Waals surface area contributed by atoms with E-state index in [4.69, 9.17) is 4.42 Å². The largest absolute Gasteiger partial charge is 0.466 e. The maximum atomic E-state index is 5.87. The number of rotatable bonds is 4. The maximum absolute atomic E-state index is 5.87. The third-order valence-corrected chi connectivity index (χ3v) is 3.94. The molecule has 2 unspecified atom stereocenters. The molecule has 102 valence electrons. The fourth-order valence-corrected chi connectivity index (χ4v) is 3.19. The van der Waals surface area contributed by atoms with Gasteiger partial charge in [0.1, 0.15) is 11.5 Å². The predicted molar refractivity (Wildman–Crippen MR) is 75.8 cm³/mol. The molecule has 1 aliphatic rings. The van der Waals surface area contributed by atoms with Crippen molar-refractivity contribution in [1.29, 1.82) is 0 Å². The van der Waals surface area contributed by atoms with E-state index in [9.17, 15) is 0 Å². The lowest BCUT2D eigenvalue weighted by molar-refractivity contribution is 0.224. The van der Waals surface area contributed by atoms with Gasteiger partial charge in [-0.3, -0.25) is 0 Å². The van der Waals surface area contributed by atoms with E-state index in [2.05, 4.69) is 46.0 Å². The summed E-state index contributed by atoms with van der Waals surface area (Å²) in [6, 6.07) is 3.26. The van der Waals surface area contributed by atoms with Gasteiger partial charge in [-0.1, -0.05) is 27.2 Å². The minimum atomic E-state index is 0.334. The number of hydrogen-bond acceptors (Lipinski definition) is 2. The summed E-state index contributed by atoms with van der Waals surface area (Å²) in [7, 11) is 0. The summed E-state index contributed by atoms with van der Waals surface area (Å²) >= 11 is 0. The lowest BCUT2D eigenvalue weighted by Gasteiger charge is -2.36. The molecule has 1 N–H and O–H groups in total. The Kier molecular flexibility index (Phi) is 3.86. The van der Waals surface area contributed by atoms with E-state index < -0.39 is 0 Å². The molecule has 2 nitrogen and oxygen atoms in total. The molecule has 0 fully saturated rings. The first-order valence-corrected chi connectivity index (χ1v) is 7.26. The minimum Gasteiger partial charge on any atom is -0.466 e. The first-order valence-electron chi connectivity index (χ1n) is 7.26. The van der Waals surface area contributed by atoms with E-state index in [1.165, 1.54) is 30.6 Å². The summed E-state index contributed by atoms with van der Waals surface area (Å²) in [5.41, 5.74) is 1.73. The van der Waals surface area contributed by atoms with Crippen molar-refractivity contribution in [2.75, 3.05) is 0 Å². The number of aryl methyl sites for hydroxylation is 1. The van der Waals surface area contributed by atoms with Gasteiger partial charge >= 0.3 is 0 Å². The Labute approximate surface area is 111 Å². The van der Waals surface area contributed by atoms with Crippen molar-refractivity contribution in [2.45, 2.75) is 72.4 Å². The van der Waals surface area contributed by atoms with Gasteiger partial charge in [-0.15, -0.1) is 0 Å². The van der Waals surface area contributed by atoms with Crippen molar-refractivity contribution in [1.82, 2.24) is 5.32 Å². The van der Waals surface area contributed by atoms with E-state index in [1.807, 2.05) is 0 Å². The van der Waals surface area contributed by atoms with E-state index in [0.29, 0.717) is 17.5 Å². The van der Waals surface area contributed by atoms with Crippen LogP contribution in [0.4, 0.5) is 0 Å². The summed E-state index contributed by atoms with van der Waals surface area (Å²) in [6.07, 6.45) is 4.74. The zero-order valence-corrected chi connectivity index (χ0v) is 12.5. The van der Waals surface area contributed by atoms with E-state index >= 15 is 0 Å². The van der Waals surface area contributed by atoms with Crippen molar-refractivity contribution < 1.29 is 4.42 Å². The second-order valence-electron chi connectivity index (χ2n) is 6.69. The number of nitrogens with one attached hydrogen (secondary N) is 1. The van der Waals surface area contributed by atoms with Crippen LogP contribution in [0.2, 0.25) is 0 Å². The van der Waals surface area contributed by atoms with Crippen molar-refractivity contribution in [3.05, 3.63) is 23.2 Å². The van der Waals surface area contributed by atoms with Crippen molar-refractivity contribution in [3.8, 4) is 0 Å². The molecule has 0 amide bonds. The molecule has 2 heteroatoms. The average molecular weight is 249 g/mol. The van der Waals surface area contributed by atoms with Crippen LogP contribution in [-0.4, -0.2) is 6.04 Å². The Morgan fingerprint density at radius 1 is 1.50 bits per heavy atom. The molecule has 2 atom stereocenters. The van der Waals surface area contributed by atoms with Crippen LogP contribution in [0.3, 0.4) is 0 Å². The zero-order chi connectivity index (χ0) is 13.3. The summed E-state index contributed by atoms with van der Waals surface area (Å²) in [5, 5.41) is 3.78. The Hall–Kier alpha value is -0.760. The molecule has 1 aromatic rings. The summed E-state index contributed by atoms with van der Waals surface area (Å²) in [6.45, 7) is 11.3. The van der Waals surface area contributed by atoms with Gasteiger partial charge in [0.05, 0.1) is 0 Å². The van der Waals surface area contributed by atoms with E-state index in [0.717, 1.165) is 12.2 Å². The van der Waals surface area contributed by atoms with E-state index in [1.54, 1.807) is 0 Å². The smallest absolute Gasteiger partial charge is 0.109 e. The topological polar surface area (TPSA) is 25.2 Å². The van der Waals surface area contributed by atoms with Crippen LogP contribution < -0.4 is 5.32 Å². The van der Waals surface area contributed by atoms with Crippen molar-refractivity contribution in [3.63, 3.8) is 0 Å². The predicted octanol–water partition coefficient (Wildman–Crippen LogP) is 4.38. The quantitative estimate of drug-likeness (QED) is 0.856. The number of hydrogen-bond donors (Lipinski definition) is 1. The van der Waals surface area contributed by atoms with Gasteiger partial charge in [-0.2, -0.15) is 0 Å². The molecular weight excluding hydrogens is 222 g/mol. The van der Waals surface area contributed by atoms with Crippen LogP contribution in [0.1, 0.15) is 70.1 Å². The monoisotopic (exact) mass is 249 g/mol. The second-order valence-corrected chi connectivity index (χ2v) is 6.69. The standard InChI is InChI=1S/C16H27NO/c1-6-7-11(2)17-14-9-16(4,5)10-15-13(14)8-12(3)18-15/h8,11,14,17H,6-7,9-10H2,1-5H3. The normalized spacial score (nSPS) is 23.7. The molecule has 18 heavy (non-hydrogen) atoms. The molecule has 0 radical (unpaired) electrons. The average Bonchev–Trinajstić information content (AvgIpc) is 2.57. The Morgan fingerprint density at radius 2 is 2.22 bits per heavy atom. The Morgan fingerprint density at radius 3 is 2.89 bits per heavy atom. The third kappa shape index (κ3) is 2.97. The fourth-order valence-electron chi connectivity index (χ4n) is 3.19. The van der Waals surface area contributed by atoms with Gasteiger partial charge in [0.25, 0.3) is 0 Å². The van der Waals surface area contributed by atoms with Crippen LogP contribution in [-0.2, 0) is 6.42 Å². The molecule has 0 aliphatic heterocycles. The molecule has 1 aromatic heterocycles. The highest BCUT2D eigenvalue weighted by molar-refractivity contribution is 5.29. The van der Waals surface area contributed by atoms with Crippen LogP contribution in [0.15, 0.2) is 10.5 Å². The highest BCUT2D eigenvalue weighted by Crippen LogP contribution is 2.42. The Balaban J connectivity index is 2.19. The summed E-state index contributed by atoms with van der Waals surface area (Å²) in [4.78, 5) is 0. The first kappa shape index (κ1) is 13.7. The molecule has 0 saturated carbocycles. The second kappa shape index (κ2) is 5.08. The van der Waals surface area contributed by atoms with E-state index in [-0.39, 0.29) is 0 Å². The third-order valence-electron chi connectivity index (χ3n) is 3.94. The number of fused-ring (bicyclic) bond motifs is 1. The minimum absolute atomic E-state index is 0.334. The first-order chi connectivity index (χ1) is 8.41. The summed E-state index contributed by atoms with van der Waals surface area (Å²) in [5.74, 6) is 2.25. The van der Waals surface area contributed by atoms with Crippen LogP contribution >= 0.6 is 0 Å². The molecule has 0 spiro atoms. The van der Waals surface area contributed by atoms with Gasteiger partial charge in [0.15, 0.2) is 0 Å². The lowest BCUT2D eigenvalue weighted by Crippen LogP contribution is -2.37. The van der Waals surface area contributed by atoms with Crippen LogP contribution in [0.25, 0.3) is 0 Å². The van der Waals surface area contributed by atoms with Crippen molar-refractivity contribution in [2.24, 2.45) is 5.41 Å². The highest BCUT2D eigenvalue weighted by atomic mass is 16.3. The van der Waals surface area contributed by atoms with Gasteiger partial charge in [-0.25, -0.2) is 0 Å². The molecule has 1 aliphatic carbocycles. The molecular formula is C16H27NO. The van der Waals surface area contributed by atoms with Gasteiger partial charge in [0, 0.05) is 24.1 Å².